The second kappa shape index (κ2) is 9.23. The lowest BCUT2D eigenvalue weighted by Crippen LogP contribution is -2.42. The van der Waals surface area contributed by atoms with E-state index in [2.05, 4.69) is 15.1 Å². The Labute approximate surface area is 185 Å². The van der Waals surface area contributed by atoms with Crippen LogP contribution in [0, 0.1) is 19.8 Å². The number of hydrogen-bond acceptors (Lipinski definition) is 7. The molecule has 0 spiro atoms. The highest BCUT2D eigenvalue weighted by Crippen LogP contribution is 2.32. The first-order valence-corrected chi connectivity index (χ1v) is 11.4. The number of rotatable bonds is 6. The SMILES string of the molecule is Cc1noc(C)c1CSc1ncccc1C(=O)N1CCCC(C(O)c2nccn2C)C1. The third-order valence-electron chi connectivity index (χ3n) is 5.85. The molecule has 4 heterocycles. The standard InChI is InChI=1S/C22H27N5O3S/c1-14-18(15(2)30-25-14)13-31-21-17(7-4-8-24-21)22(29)27-10-5-6-16(12-27)19(28)20-23-9-11-26(20)3/h4,7-9,11,16,19,28H,5-6,10,12-13H2,1-3H3. The number of aryl methyl sites for hydroxylation is 3. The zero-order chi connectivity index (χ0) is 22.0. The Morgan fingerprint density at radius 2 is 2.19 bits per heavy atom. The van der Waals surface area contributed by atoms with Crippen LogP contribution in [0.15, 0.2) is 40.3 Å². The first-order valence-electron chi connectivity index (χ1n) is 10.4. The fraction of sp³-hybridized carbons (Fsp3) is 0.455. The van der Waals surface area contributed by atoms with E-state index < -0.39 is 6.10 Å². The van der Waals surface area contributed by atoms with Gasteiger partial charge in [-0.1, -0.05) is 5.16 Å². The molecule has 3 aromatic heterocycles. The van der Waals surface area contributed by atoms with Crippen LogP contribution in [-0.4, -0.2) is 48.7 Å². The van der Waals surface area contributed by atoms with E-state index in [1.807, 2.05) is 42.6 Å². The first-order chi connectivity index (χ1) is 15.0. The van der Waals surface area contributed by atoms with E-state index in [-0.39, 0.29) is 11.8 Å². The van der Waals surface area contributed by atoms with Crippen LogP contribution in [0.3, 0.4) is 0 Å². The minimum Gasteiger partial charge on any atom is -0.385 e. The van der Waals surface area contributed by atoms with Crippen LogP contribution >= 0.6 is 11.8 Å². The quantitative estimate of drug-likeness (QED) is 0.586. The zero-order valence-electron chi connectivity index (χ0n) is 18.0. The number of hydrogen-bond donors (Lipinski definition) is 1. The van der Waals surface area contributed by atoms with Gasteiger partial charge in [0.25, 0.3) is 5.91 Å². The molecule has 9 heteroatoms. The van der Waals surface area contributed by atoms with Crippen molar-refractivity contribution in [2.24, 2.45) is 13.0 Å². The summed E-state index contributed by atoms with van der Waals surface area (Å²) in [5.41, 5.74) is 2.48. The van der Waals surface area contributed by atoms with Crippen molar-refractivity contribution in [3.8, 4) is 0 Å². The number of imidazole rings is 1. The summed E-state index contributed by atoms with van der Waals surface area (Å²) in [6.45, 7) is 4.97. The van der Waals surface area contributed by atoms with Crippen LogP contribution < -0.4 is 0 Å². The Kier molecular flexibility index (Phi) is 6.43. The number of aromatic nitrogens is 4. The summed E-state index contributed by atoms with van der Waals surface area (Å²) < 4.78 is 7.07. The number of nitrogens with zero attached hydrogens (tertiary/aromatic N) is 5. The monoisotopic (exact) mass is 441 g/mol. The molecule has 0 radical (unpaired) electrons. The molecule has 1 aliphatic heterocycles. The van der Waals surface area contributed by atoms with Crippen LogP contribution in [0.25, 0.3) is 0 Å². The second-order valence-corrected chi connectivity index (χ2v) is 8.91. The van der Waals surface area contributed by atoms with Gasteiger partial charge in [-0.3, -0.25) is 4.79 Å². The molecular weight excluding hydrogens is 414 g/mol. The van der Waals surface area contributed by atoms with Crippen LogP contribution in [0.1, 0.15) is 52.1 Å². The van der Waals surface area contributed by atoms with Gasteiger partial charge in [-0.25, -0.2) is 9.97 Å². The predicted molar refractivity (Wildman–Crippen MR) is 117 cm³/mol. The molecule has 1 amide bonds. The van der Waals surface area contributed by atoms with E-state index in [0.717, 1.165) is 29.9 Å². The van der Waals surface area contributed by atoms with E-state index in [9.17, 15) is 9.90 Å². The summed E-state index contributed by atoms with van der Waals surface area (Å²) in [6, 6.07) is 3.61. The minimum atomic E-state index is -0.696. The molecule has 1 fully saturated rings. The molecule has 1 saturated heterocycles. The molecule has 31 heavy (non-hydrogen) atoms. The Bertz CT molecular complexity index is 1040. The number of pyridine rings is 1. The Balaban J connectivity index is 1.48. The fourth-order valence-electron chi connectivity index (χ4n) is 4.01. The van der Waals surface area contributed by atoms with Crippen LogP contribution in [0.4, 0.5) is 0 Å². The fourth-order valence-corrected chi connectivity index (χ4v) is 5.15. The van der Waals surface area contributed by atoms with E-state index in [1.54, 1.807) is 18.5 Å². The highest BCUT2D eigenvalue weighted by Gasteiger charge is 2.32. The second-order valence-electron chi connectivity index (χ2n) is 7.94. The molecule has 1 aliphatic rings. The molecule has 1 N–H and O–H groups in total. The van der Waals surface area contributed by atoms with Gasteiger partial charge in [-0.2, -0.15) is 0 Å². The average Bonchev–Trinajstić information content (AvgIpc) is 3.36. The maximum atomic E-state index is 13.4. The number of aliphatic hydroxyl groups is 1. The molecule has 0 aromatic carbocycles. The molecule has 0 bridgehead atoms. The molecule has 164 valence electrons. The van der Waals surface area contributed by atoms with E-state index >= 15 is 0 Å². The minimum absolute atomic E-state index is 0.0473. The predicted octanol–water partition coefficient (Wildman–Crippen LogP) is 3.30. The third-order valence-corrected chi connectivity index (χ3v) is 6.88. The summed E-state index contributed by atoms with van der Waals surface area (Å²) in [7, 11) is 1.87. The van der Waals surface area contributed by atoms with Gasteiger partial charge in [0, 0.05) is 56.0 Å². The van der Waals surface area contributed by atoms with Crippen molar-refractivity contribution < 1.29 is 14.4 Å². The van der Waals surface area contributed by atoms with Crippen LogP contribution in [-0.2, 0) is 12.8 Å². The molecule has 3 aromatic rings. The van der Waals surface area contributed by atoms with Crippen molar-refractivity contribution in [3.63, 3.8) is 0 Å². The topological polar surface area (TPSA) is 97.3 Å². The first kappa shape index (κ1) is 21.6. The Hall–Kier alpha value is -2.65. The number of thioether (sulfide) groups is 1. The van der Waals surface area contributed by atoms with Crippen molar-refractivity contribution in [2.75, 3.05) is 13.1 Å². The summed E-state index contributed by atoms with van der Waals surface area (Å²) in [5, 5.41) is 15.5. The molecule has 0 aliphatic carbocycles. The van der Waals surface area contributed by atoms with Crippen LogP contribution in [0.2, 0.25) is 0 Å². The molecule has 4 rings (SSSR count). The van der Waals surface area contributed by atoms with Gasteiger partial charge in [0.15, 0.2) is 0 Å². The highest BCUT2D eigenvalue weighted by atomic mass is 32.2. The Morgan fingerprint density at radius 1 is 1.35 bits per heavy atom. The van der Waals surface area contributed by atoms with Gasteiger partial charge < -0.3 is 19.1 Å². The lowest BCUT2D eigenvalue weighted by molar-refractivity contribution is 0.0356. The number of carbonyl (C=O) groups is 1. The molecule has 8 nitrogen and oxygen atoms in total. The lowest BCUT2D eigenvalue weighted by Gasteiger charge is -2.35. The van der Waals surface area contributed by atoms with Gasteiger partial charge in [-0.05, 0) is 38.8 Å². The van der Waals surface area contributed by atoms with Crippen LogP contribution in [0.5, 0.6) is 0 Å². The zero-order valence-corrected chi connectivity index (χ0v) is 18.8. The summed E-state index contributed by atoms with van der Waals surface area (Å²) in [4.78, 5) is 23.9. The molecular formula is C22H27N5O3S. The van der Waals surface area contributed by atoms with Crippen molar-refractivity contribution in [1.29, 1.82) is 0 Å². The number of aliphatic hydroxyl groups excluding tert-OH is 1. The number of piperidine rings is 1. The Morgan fingerprint density at radius 3 is 2.90 bits per heavy atom. The van der Waals surface area contributed by atoms with Gasteiger partial charge in [0.05, 0.1) is 11.3 Å². The average molecular weight is 442 g/mol. The third kappa shape index (κ3) is 4.52. The number of carbonyl (C=O) groups excluding carboxylic acids is 1. The van der Waals surface area contributed by atoms with Crippen molar-refractivity contribution in [3.05, 3.63) is 59.1 Å². The maximum Gasteiger partial charge on any atom is 0.256 e. The molecule has 2 unspecified atom stereocenters. The van der Waals surface area contributed by atoms with Crippen molar-refractivity contribution in [2.45, 2.75) is 43.6 Å². The highest BCUT2D eigenvalue weighted by molar-refractivity contribution is 7.98. The van der Waals surface area contributed by atoms with Crippen molar-refractivity contribution >= 4 is 17.7 Å². The largest absolute Gasteiger partial charge is 0.385 e. The summed E-state index contributed by atoms with van der Waals surface area (Å²) in [5.74, 6) is 1.96. The summed E-state index contributed by atoms with van der Waals surface area (Å²) in [6.07, 6.45) is 6.22. The lowest BCUT2D eigenvalue weighted by atomic mass is 9.91. The molecule has 2 atom stereocenters. The van der Waals surface area contributed by atoms with Crippen molar-refractivity contribution in [1.82, 2.24) is 24.6 Å². The van der Waals surface area contributed by atoms with Gasteiger partial charge in [0.1, 0.15) is 22.7 Å². The van der Waals surface area contributed by atoms with E-state index in [1.165, 1.54) is 11.8 Å². The van der Waals surface area contributed by atoms with Gasteiger partial charge in [0.2, 0.25) is 0 Å². The van der Waals surface area contributed by atoms with Gasteiger partial charge >= 0.3 is 0 Å². The normalized spacial score (nSPS) is 17.7. The smallest absolute Gasteiger partial charge is 0.256 e. The number of amides is 1. The van der Waals surface area contributed by atoms with E-state index in [0.29, 0.717) is 35.3 Å². The summed E-state index contributed by atoms with van der Waals surface area (Å²) >= 11 is 1.51. The van der Waals surface area contributed by atoms with Gasteiger partial charge in [-0.15, -0.1) is 11.8 Å². The maximum absolute atomic E-state index is 13.4. The number of likely N-dealkylation sites (tertiary alicyclic amines) is 1. The molecule has 0 saturated carbocycles. The van der Waals surface area contributed by atoms with E-state index in [4.69, 9.17) is 4.52 Å².